The number of amides is 1. The van der Waals surface area contributed by atoms with E-state index in [9.17, 15) is 4.79 Å². The third kappa shape index (κ3) is 2.49. The van der Waals surface area contributed by atoms with E-state index in [2.05, 4.69) is 30.5 Å². The molecule has 4 heterocycles. The Morgan fingerprint density at radius 1 is 1.38 bits per heavy atom. The number of aromatic nitrogens is 1. The van der Waals surface area contributed by atoms with Gasteiger partial charge in [0.2, 0.25) is 0 Å². The highest BCUT2D eigenvalue weighted by Crippen LogP contribution is 2.29. The summed E-state index contributed by atoms with van der Waals surface area (Å²) in [7, 11) is 0. The molecule has 1 atom stereocenters. The number of carbonyl (C=O) groups is 1. The zero-order valence-corrected chi connectivity index (χ0v) is 13.9. The Morgan fingerprint density at radius 3 is 2.90 bits per heavy atom. The lowest BCUT2D eigenvalue weighted by atomic mass is 9.84. The van der Waals surface area contributed by atoms with Gasteiger partial charge in [0.1, 0.15) is 5.69 Å². The lowest BCUT2D eigenvalue weighted by Gasteiger charge is -2.44. The summed E-state index contributed by atoms with van der Waals surface area (Å²) < 4.78 is 6.39. The summed E-state index contributed by atoms with van der Waals surface area (Å²) in [5, 5.41) is 4.15. The Balaban J connectivity index is 1.57. The highest BCUT2D eigenvalue weighted by Gasteiger charge is 2.35. The molecule has 0 radical (unpaired) electrons. The summed E-state index contributed by atoms with van der Waals surface area (Å²) >= 11 is 4.85. The molecule has 0 aliphatic carbocycles. The number of nitrogens with zero attached hydrogens (tertiary/aromatic N) is 2. The Morgan fingerprint density at radius 2 is 2.19 bits per heavy atom. The first-order valence-electron chi connectivity index (χ1n) is 7.29. The van der Waals surface area contributed by atoms with E-state index in [4.69, 9.17) is 0 Å². The van der Waals surface area contributed by atoms with Gasteiger partial charge in [-0.25, -0.2) is 0 Å². The standard InChI is InChI=1S/C15H16BrN3OS/c16-10-1-2-13-11(7-10)14(18-21-13)15(20)17-12-8-19-5-3-9(12)4-6-19/h1-2,7,9,12H,3-6,8H2,(H,17,20)/t12-/m1/s1. The van der Waals surface area contributed by atoms with Gasteiger partial charge in [-0.05, 0) is 61.6 Å². The topological polar surface area (TPSA) is 45.2 Å². The number of benzene rings is 1. The van der Waals surface area contributed by atoms with Crippen molar-refractivity contribution in [1.29, 1.82) is 0 Å². The van der Waals surface area contributed by atoms with Gasteiger partial charge in [-0.1, -0.05) is 15.9 Å². The van der Waals surface area contributed by atoms with Crippen LogP contribution in [0.15, 0.2) is 22.7 Å². The van der Waals surface area contributed by atoms with Crippen LogP contribution in [0, 0.1) is 5.92 Å². The first-order valence-corrected chi connectivity index (χ1v) is 8.85. The molecule has 1 aromatic carbocycles. The van der Waals surface area contributed by atoms with Gasteiger partial charge >= 0.3 is 0 Å². The van der Waals surface area contributed by atoms with E-state index in [1.807, 2.05) is 18.2 Å². The molecule has 1 N–H and O–H groups in total. The predicted octanol–water partition coefficient (Wildman–Crippen LogP) is 2.88. The fourth-order valence-corrected chi connectivity index (χ4v) is 4.55. The molecule has 3 aliphatic heterocycles. The van der Waals surface area contributed by atoms with Crippen molar-refractivity contribution in [2.45, 2.75) is 18.9 Å². The average molecular weight is 366 g/mol. The second kappa shape index (κ2) is 5.34. The van der Waals surface area contributed by atoms with Crippen molar-refractivity contribution in [2.24, 2.45) is 5.92 Å². The zero-order chi connectivity index (χ0) is 14.4. The van der Waals surface area contributed by atoms with E-state index in [-0.39, 0.29) is 11.9 Å². The molecule has 0 spiro atoms. The lowest BCUT2D eigenvalue weighted by molar-refractivity contribution is 0.0619. The first-order chi connectivity index (χ1) is 10.2. The number of fused-ring (bicyclic) bond motifs is 4. The zero-order valence-electron chi connectivity index (χ0n) is 11.5. The average Bonchev–Trinajstić information content (AvgIpc) is 2.91. The molecule has 2 bridgehead atoms. The van der Waals surface area contributed by atoms with Gasteiger partial charge in [0, 0.05) is 22.4 Å². The highest BCUT2D eigenvalue weighted by atomic mass is 79.9. The van der Waals surface area contributed by atoms with Crippen LogP contribution in [0.4, 0.5) is 0 Å². The molecule has 0 saturated carbocycles. The summed E-state index contributed by atoms with van der Waals surface area (Å²) in [6.45, 7) is 3.36. The highest BCUT2D eigenvalue weighted by molar-refractivity contribution is 9.10. The summed E-state index contributed by atoms with van der Waals surface area (Å²) in [6.07, 6.45) is 2.41. The molecule has 2 aromatic rings. The van der Waals surface area contributed by atoms with Crippen molar-refractivity contribution >= 4 is 43.5 Å². The largest absolute Gasteiger partial charge is 0.346 e. The van der Waals surface area contributed by atoms with Gasteiger partial charge in [-0.2, -0.15) is 4.37 Å². The van der Waals surface area contributed by atoms with Crippen molar-refractivity contribution < 1.29 is 4.79 Å². The molecule has 3 saturated heterocycles. The molecule has 3 aliphatic rings. The van der Waals surface area contributed by atoms with Crippen molar-refractivity contribution in [1.82, 2.24) is 14.6 Å². The second-order valence-corrected chi connectivity index (χ2v) is 7.61. The van der Waals surface area contributed by atoms with E-state index < -0.39 is 0 Å². The van der Waals surface area contributed by atoms with E-state index in [1.165, 1.54) is 37.5 Å². The Hall–Kier alpha value is -0.980. The summed E-state index contributed by atoms with van der Waals surface area (Å²) in [6, 6.07) is 6.24. The number of nitrogens with one attached hydrogen (secondary N) is 1. The summed E-state index contributed by atoms with van der Waals surface area (Å²) in [5.74, 6) is 0.605. The van der Waals surface area contributed by atoms with Crippen LogP contribution >= 0.6 is 27.5 Å². The number of halogens is 1. The third-order valence-corrected chi connectivity index (χ3v) is 5.94. The maximum absolute atomic E-state index is 12.6. The van der Waals surface area contributed by atoms with Crippen molar-refractivity contribution in [3.63, 3.8) is 0 Å². The smallest absolute Gasteiger partial charge is 0.271 e. The first kappa shape index (κ1) is 13.7. The number of piperidine rings is 3. The molecule has 110 valence electrons. The minimum Gasteiger partial charge on any atom is -0.346 e. The SMILES string of the molecule is O=C(N[C@@H]1CN2CCC1CC2)c1nsc2ccc(Br)cc12. The Bertz CT molecular complexity index is 693. The molecule has 1 aromatic heterocycles. The molecular weight excluding hydrogens is 350 g/mol. The summed E-state index contributed by atoms with van der Waals surface area (Å²) in [4.78, 5) is 15.0. The van der Waals surface area contributed by atoms with Crippen LogP contribution in [-0.2, 0) is 0 Å². The van der Waals surface area contributed by atoms with Crippen molar-refractivity contribution in [3.05, 3.63) is 28.4 Å². The molecule has 21 heavy (non-hydrogen) atoms. The van der Waals surface area contributed by atoms with Gasteiger partial charge in [-0.15, -0.1) is 0 Å². The number of carbonyl (C=O) groups excluding carboxylic acids is 1. The fraction of sp³-hybridized carbons (Fsp3) is 0.467. The van der Waals surface area contributed by atoms with Crippen molar-refractivity contribution in [3.8, 4) is 0 Å². The van der Waals surface area contributed by atoms with Gasteiger partial charge in [0.05, 0.1) is 4.70 Å². The Kier molecular flexibility index (Phi) is 3.47. The number of hydrogen-bond donors (Lipinski definition) is 1. The minimum absolute atomic E-state index is 0.0295. The van der Waals surface area contributed by atoms with Crippen LogP contribution in [0.5, 0.6) is 0 Å². The fourth-order valence-electron chi connectivity index (χ4n) is 3.44. The number of rotatable bonds is 2. The van der Waals surface area contributed by atoms with Crippen LogP contribution in [0.3, 0.4) is 0 Å². The molecule has 5 rings (SSSR count). The van der Waals surface area contributed by atoms with Gasteiger partial charge in [0.25, 0.3) is 5.91 Å². The lowest BCUT2D eigenvalue weighted by Crippen LogP contribution is -2.57. The van der Waals surface area contributed by atoms with Crippen LogP contribution in [0.2, 0.25) is 0 Å². The summed E-state index contributed by atoms with van der Waals surface area (Å²) in [5.41, 5.74) is 0.563. The normalized spacial score (nSPS) is 28.0. The van der Waals surface area contributed by atoms with Crippen LogP contribution < -0.4 is 5.32 Å². The monoisotopic (exact) mass is 365 g/mol. The molecule has 0 unspecified atom stereocenters. The van der Waals surface area contributed by atoms with E-state index in [0.29, 0.717) is 11.6 Å². The van der Waals surface area contributed by atoms with Gasteiger partial charge in [-0.3, -0.25) is 4.79 Å². The molecular formula is C15H16BrN3OS. The molecule has 6 heteroatoms. The molecule has 4 nitrogen and oxygen atoms in total. The second-order valence-electron chi connectivity index (χ2n) is 5.89. The quantitative estimate of drug-likeness (QED) is 0.889. The van der Waals surface area contributed by atoms with E-state index >= 15 is 0 Å². The minimum atomic E-state index is -0.0295. The predicted molar refractivity (Wildman–Crippen MR) is 87.7 cm³/mol. The number of hydrogen-bond acceptors (Lipinski definition) is 4. The Labute approximate surface area is 135 Å². The maximum atomic E-state index is 12.6. The van der Waals surface area contributed by atoms with Gasteiger partial charge in [0.15, 0.2) is 0 Å². The van der Waals surface area contributed by atoms with Crippen LogP contribution in [-0.4, -0.2) is 40.9 Å². The molecule has 3 fully saturated rings. The van der Waals surface area contributed by atoms with E-state index in [1.54, 1.807) is 0 Å². The van der Waals surface area contributed by atoms with Crippen LogP contribution in [0.1, 0.15) is 23.3 Å². The van der Waals surface area contributed by atoms with E-state index in [0.717, 1.165) is 21.1 Å². The maximum Gasteiger partial charge on any atom is 0.271 e. The third-order valence-electron chi connectivity index (χ3n) is 4.62. The van der Waals surface area contributed by atoms with Crippen LogP contribution in [0.25, 0.3) is 10.1 Å². The van der Waals surface area contributed by atoms with Crippen molar-refractivity contribution in [2.75, 3.05) is 19.6 Å². The van der Waals surface area contributed by atoms with Gasteiger partial charge < -0.3 is 10.2 Å². The molecule has 1 amide bonds.